The summed E-state index contributed by atoms with van der Waals surface area (Å²) in [5.41, 5.74) is 3.89. The number of amides is 1. The smallest absolute Gasteiger partial charge is 0.475 e. The van der Waals surface area contributed by atoms with E-state index >= 15 is 0 Å². The minimum Gasteiger partial charge on any atom is -0.475 e. The Hall–Kier alpha value is -3.43. The fourth-order valence-corrected chi connectivity index (χ4v) is 2.03. The average Bonchev–Trinajstić information content (AvgIpc) is 2.99. The SMILES string of the molecule is Cc1ccc2[nH]nc(C(=O)Nc3ccc(C)nc3)c2c1.O=C(O)C(F)(F)F. The topological polar surface area (TPSA) is 108 Å². The summed E-state index contributed by atoms with van der Waals surface area (Å²) in [4.78, 5) is 25.3. The molecule has 2 aromatic heterocycles. The first kappa shape index (κ1) is 19.9. The largest absolute Gasteiger partial charge is 0.490 e. The summed E-state index contributed by atoms with van der Waals surface area (Å²) in [5.74, 6) is -3.00. The summed E-state index contributed by atoms with van der Waals surface area (Å²) in [7, 11) is 0. The molecule has 0 atom stereocenters. The number of aromatic nitrogens is 3. The van der Waals surface area contributed by atoms with Gasteiger partial charge < -0.3 is 10.4 Å². The number of rotatable bonds is 2. The van der Waals surface area contributed by atoms with Crippen molar-refractivity contribution in [3.05, 3.63) is 53.5 Å². The fourth-order valence-electron chi connectivity index (χ4n) is 2.03. The molecule has 3 rings (SSSR count). The van der Waals surface area contributed by atoms with E-state index in [9.17, 15) is 18.0 Å². The number of aromatic amines is 1. The molecule has 0 saturated heterocycles. The van der Waals surface area contributed by atoms with Crippen LogP contribution in [0.3, 0.4) is 0 Å². The van der Waals surface area contributed by atoms with E-state index in [1.807, 2.05) is 44.2 Å². The Morgan fingerprint density at radius 1 is 1.15 bits per heavy atom. The van der Waals surface area contributed by atoms with Crippen LogP contribution in [-0.4, -0.2) is 38.3 Å². The van der Waals surface area contributed by atoms with Gasteiger partial charge in [0.05, 0.1) is 17.4 Å². The molecule has 0 unspecified atom stereocenters. The molecule has 27 heavy (non-hydrogen) atoms. The van der Waals surface area contributed by atoms with Crippen LogP contribution in [0.1, 0.15) is 21.7 Å². The van der Waals surface area contributed by atoms with E-state index in [1.54, 1.807) is 6.20 Å². The molecule has 142 valence electrons. The van der Waals surface area contributed by atoms with Crippen molar-refractivity contribution in [2.45, 2.75) is 20.0 Å². The van der Waals surface area contributed by atoms with Crippen molar-refractivity contribution in [2.75, 3.05) is 5.32 Å². The number of carboxylic acid groups (broad SMARTS) is 1. The molecule has 0 radical (unpaired) electrons. The number of carboxylic acids is 1. The van der Waals surface area contributed by atoms with E-state index in [2.05, 4.69) is 20.5 Å². The Balaban J connectivity index is 0.000000321. The van der Waals surface area contributed by atoms with Crippen LogP contribution in [0.2, 0.25) is 0 Å². The van der Waals surface area contributed by atoms with Crippen molar-refractivity contribution >= 4 is 28.5 Å². The van der Waals surface area contributed by atoms with Crippen LogP contribution < -0.4 is 5.32 Å². The van der Waals surface area contributed by atoms with Gasteiger partial charge in [0, 0.05) is 11.1 Å². The zero-order valence-corrected chi connectivity index (χ0v) is 14.3. The lowest BCUT2D eigenvalue weighted by Gasteiger charge is -2.03. The van der Waals surface area contributed by atoms with Gasteiger partial charge in [0.2, 0.25) is 0 Å². The van der Waals surface area contributed by atoms with Crippen LogP contribution in [-0.2, 0) is 4.79 Å². The van der Waals surface area contributed by atoms with E-state index < -0.39 is 12.1 Å². The number of benzene rings is 1. The first-order valence-corrected chi connectivity index (χ1v) is 7.57. The van der Waals surface area contributed by atoms with E-state index in [0.717, 1.165) is 22.2 Å². The Kier molecular flexibility index (Phi) is 5.78. The summed E-state index contributed by atoms with van der Waals surface area (Å²) in [6, 6.07) is 9.51. The number of aliphatic carboxylic acids is 1. The molecule has 0 bridgehead atoms. The van der Waals surface area contributed by atoms with E-state index in [4.69, 9.17) is 9.90 Å². The van der Waals surface area contributed by atoms with Gasteiger partial charge in [-0.2, -0.15) is 18.3 Å². The lowest BCUT2D eigenvalue weighted by atomic mass is 10.1. The van der Waals surface area contributed by atoms with Crippen LogP contribution in [0.15, 0.2) is 36.5 Å². The van der Waals surface area contributed by atoms with Gasteiger partial charge in [-0.05, 0) is 38.1 Å². The third kappa shape index (κ3) is 5.27. The highest BCUT2D eigenvalue weighted by atomic mass is 19.4. The number of hydrogen-bond acceptors (Lipinski definition) is 4. The Morgan fingerprint density at radius 3 is 2.37 bits per heavy atom. The maximum atomic E-state index is 12.3. The molecule has 3 aromatic rings. The second-order valence-corrected chi connectivity index (χ2v) is 5.57. The van der Waals surface area contributed by atoms with E-state index in [1.165, 1.54) is 0 Å². The third-order valence-electron chi connectivity index (χ3n) is 3.35. The lowest BCUT2D eigenvalue weighted by Crippen LogP contribution is -2.21. The van der Waals surface area contributed by atoms with Gasteiger partial charge in [0.1, 0.15) is 0 Å². The summed E-state index contributed by atoms with van der Waals surface area (Å²) < 4.78 is 31.7. The highest BCUT2D eigenvalue weighted by Crippen LogP contribution is 2.18. The molecule has 0 aliphatic heterocycles. The molecule has 2 heterocycles. The first-order valence-electron chi connectivity index (χ1n) is 7.57. The van der Waals surface area contributed by atoms with Gasteiger partial charge in [-0.3, -0.25) is 14.9 Å². The maximum Gasteiger partial charge on any atom is 0.490 e. The zero-order valence-electron chi connectivity index (χ0n) is 14.3. The second kappa shape index (κ2) is 7.85. The number of halogens is 3. The number of nitrogens with zero attached hydrogens (tertiary/aromatic N) is 2. The Labute approximate surface area is 151 Å². The normalized spacial score (nSPS) is 10.9. The van der Waals surface area contributed by atoms with E-state index in [0.29, 0.717) is 11.4 Å². The molecule has 0 aliphatic carbocycles. The molecular formula is C17H15F3N4O3. The number of nitrogens with one attached hydrogen (secondary N) is 2. The van der Waals surface area contributed by atoms with Gasteiger partial charge in [-0.25, -0.2) is 4.79 Å². The van der Waals surface area contributed by atoms with Gasteiger partial charge >= 0.3 is 12.1 Å². The van der Waals surface area contributed by atoms with Crippen molar-refractivity contribution in [3.8, 4) is 0 Å². The summed E-state index contributed by atoms with van der Waals surface area (Å²) in [5, 5.41) is 17.7. The number of carbonyl (C=O) groups excluding carboxylic acids is 1. The summed E-state index contributed by atoms with van der Waals surface area (Å²) in [6.45, 7) is 3.88. The van der Waals surface area contributed by atoms with Crippen molar-refractivity contribution in [1.29, 1.82) is 0 Å². The fraction of sp³-hybridized carbons (Fsp3) is 0.176. The maximum absolute atomic E-state index is 12.3. The first-order chi connectivity index (χ1) is 12.6. The van der Waals surface area contributed by atoms with Crippen LogP contribution >= 0.6 is 0 Å². The highest BCUT2D eigenvalue weighted by molar-refractivity contribution is 6.11. The van der Waals surface area contributed by atoms with Gasteiger partial charge in [0.25, 0.3) is 5.91 Å². The number of carbonyl (C=O) groups is 2. The molecule has 0 spiro atoms. The highest BCUT2D eigenvalue weighted by Gasteiger charge is 2.38. The number of aryl methyl sites for hydroxylation is 2. The molecule has 10 heteroatoms. The zero-order chi connectivity index (χ0) is 20.2. The van der Waals surface area contributed by atoms with Crippen molar-refractivity contribution in [2.24, 2.45) is 0 Å². The van der Waals surface area contributed by atoms with Crippen LogP contribution in [0.5, 0.6) is 0 Å². The summed E-state index contributed by atoms with van der Waals surface area (Å²) >= 11 is 0. The Morgan fingerprint density at radius 2 is 1.81 bits per heavy atom. The molecule has 1 amide bonds. The number of fused-ring (bicyclic) bond motifs is 1. The molecule has 0 aliphatic rings. The molecule has 3 N–H and O–H groups in total. The monoisotopic (exact) mass is 380 g/mol. The minimum absolute atomic E-state index is 0.243. The molecule has 0 saturated carbocycles. The van der Waals surface area contributed by atoms with Gasteiger partial charge in [-0.1, -0.05) is 11.6 Å². The molecular weight excluding hydrogens is 365 g/mol. The molecule has 1 aromatic carbocycles. The molecule has 7 nitrogen and oxygen atoms in total. The number of anilines is 1. The predicted octanol–water partition coefficient (Wildman–Crippen LogP) is 3.46. The van der Waals surface area contributed by atoms with Crippen LogP contribution in [0, 0.1) is 13.8 Å². The average molecular weight is 380 g/mol. The number of alkyl halides is 3. The lowest BCUT2D eigenvalue weighted by molar-refractivity contribution is -0.192. The van der Waals surface area contributed by atoms with Crippen molar-refractivity contribution in [3.63, 3.8) is 0 Å². The third-order valence-corrected chi connectivity index (χ3v) is 3.35. The van der Waals surface area contributed by atoms with E-state index in [-0.39, 0.29) is 5.91 Å². The van der Waals surface area contributed by atoms with Gasteiger partial charge in [0.15, 0.2) is 5.69 Å². The Bertz CT molecular complexity index is 966. The standard InChI is InChI=1S/C15H14N4O.C2HF3O2/c1-9-3-6-13-12(7-9)14(19-18-13)15(20)17-11-5-4-10(2)16-8-11;3-2(4,5)1(6)7/h3-8H,1-2H3,(H,17,20)(H,18,19);(H,6,7). The van der Waals surface area contributed by atoms with Crippen molar-refractivity contribution < 1.29 is 27.9 Å². The second-order valence-electron chi connectivity index (χ2n) is 5.57. The quantitative estimate of drug-likeness (QED) is 0.631. The predicted molar refractivity (Wildman–Crippen MR) is 91.4 cm³/mol. The van der Waals surface area contributed by atoms with Crippen LogP contribution in [0.4, 0.5) is 18.9 Å². The number of pyridine rings is 1. The number of hydrogen-bond donors (Lipinski definition) is 3. The number of H-pyrrole nitrogens is 1. The summed E-state index contributed by atoms with van der Waals surface area (Å²) in [6.07, 6.45) is -3.45. The molecule has 0 fully saturated rings. The van der Waals surface area contributed by atoms with Crippen LogP contribution in [0.25, 0.3) is 10.9 Å². The van der Waals surface area contributed by atoms with Gasteiger partial charge in [-0.15, -0.1) is 0 Å². The van der Waals surface area contributed by atoms with Crippen molar-refractivity contribution in [1.82, 2.24) is 15.2 Å². The minimum atomic E-state index is -5.08.